The molecule has 0 bridgehead atoms. The summed E-state index contributed by atoms with van der Waals surface area (Å²) in [6.45, 7) is 5.75. The topological polar surface area (TPSA) is 72.5 Å². The Morgan fingerprint density at radius 2 is 2.33 bits per heavy atom. The first-order valence-corrected chi connectivity index (χ1v) is 7.10. The Hall–Kier alpha value is -0.610. The molecular formula is C14H27NO3. The predicted octanol–water partition coefficient (Wildman–Crippen LogP) is 2.41. The minimum absolute atomic E-state index is 0.0662. The molecule has 0 heterocycles. The van der Waals surface area contributed by atoms with Crippen LogP contribution >= 0.6 is 0 Å². The molecule has 1 aliphatic rings. The lowest BCUT2D eigenvalue weighted by atomic mass is 9.86. The molecule has 1 saturated carbocycles. The van der Waals surface area contributed by atoms with Crippen LogP contribution in [0.15, 0.2) is 0 Å². The molecule has 0 aromatic heterocycles. The molecule has 0 aromatic carbocycles. The Bertz CT molecular complexity index is 270. The van der Waals surface area contributed by atoms with Crippen LogP contribution in [0.4, 0.5) is 0 Å². The number of carboxylic acid groups (broad SMARTS) is 1. The summed E-state index contributed by atoms with van der Waals surface area (Å²) in [5.41, 5.74) is 4.97. The van der Waals surface area contributed by atoms with E-state index in [0.29, 0.717) is 18.9 Å². The number of hydrogen-bond acceptors (Lipinski definition) is 3. The Morgan fingerprint density at radius 1 is 1.61 bits per heavy atom. The van der Waals surface area contributed by atoms with Gasteiger partial charge in [-0.2, -0.15) is 0 Å². The fourth-order valence-electron chi connectivity index (χ4n) is 2.87. The van der Waals surface area contributed by atoms with E-state index in [2.05, 4.69) is 13.8 Å². The van der Waals surface area contributed by atoms with E-state index >= 15 is 0 Å². The first-order valence-electron chi connectivity index (χ1n) is 7.10. The summed E-state index contributed by atoms with van der Waals surface area (Å²) in [5.74, 6) is -0.207. The van der Waals surface area contributed by atoms with E-state index in [0.717, 1.165) is 25.9 Å². The van der Waals surface area contributed by atoms with Crippen molar-refractivity contribution in [3.8, 4) is 0 Å². The van der Waals surface area contributed by atoms with Gasteiger partial charge in [0.25, 0.3) is 0 Å². The summed E-state index contributed by atoms with van der Waals surface area (Å²) in [5, 5.41) is 9.19. The largest absolute Gasteiger partial charge is 0.480 e. The van der Waals surface area contributed by atoms with Gasteiger partial charge in [0, 0.05) is 13.2 Å². The normalized spacial score (nSPS) is 29.4. The first-order chi connectivity index (χ1) is 8.50. The van der Waals surface area contributed by atoms with Crippen molar-refractivity contribution in [1.29, 1.82) is 0 Å². The molecule has 3 unspecified atom stereocenters. The van der Waals surface area contributed by atoms with Crippen molar-refractivity contribution in [1.82, 2.24) is 0 Å². The third kappa shape index (κ3) is 3.95. The number of rotatable bonds is 8. The molecule has 0 spiro atoms. The number of ether oxygens (including phenoxy) is 1. The molecule has 1 fully saturated rings. The number of carboxylic acids is 1. The number of hydrogen-bond donors (Lipinski definition) is 2. The highest BCUT2D eigenvalue weighted by Gasteiger charge is 2.45. The van der Waals surface area contributed by atoms with Crippen molar-refractivity contribution in [2.75, 3.05) is 13.2 Å². The molecule has 18 heavy (non-hydrogen) atoms. The lowest BCUT2D eigenvalue weighted by molar-refractivity contribution is -0.145. The zero-order chi connectivity index (χ0) is 13.6. The maximum absolute atomic E-state index is 11.2. The van der Waals surface area contributed by atoms with Crippen molar-refractivity contribution in [2.45, 2.75) is 57.9 Å². The zero-order valence-electron chi connectivity index (χ0n) is 11.7. The number of nitrogens with two attached hydrogens (primary N) is 1. The summed E-state index contributed by atoms with van der Waals surface area (Å²) in [4.78, 5) is 11.2. The highest BCUT2D eigenvalue weighted by molar-refractivity contribution is 5.79. The third-order valence-corrected chi connectivity index (χ3v) is 4.06. The smallest absolute Gasteiger partial charge is 0.323 e. The Kier molecular flexibility index (Phi) is 6.09. The van der Waals surface area contributed by atoms with Crippen molar-refractivity contribution >= 4 is 5.97 Å². The molecule has 0 aliphatic heterocycles. The van der Waals surface area contributed by atoms with Crippen LogP contribution in [0.3, 0.4) is 0 Å². The van der Waals surface area contributed by atoms with E-state index in [-0.39, 0.29) is 5.92 Å². The van der Waals surface area contributed by atoms with E-state index in [1.807, 2.05) is 0 Å². The highest BCUT2D eigenvalue weighted by atomic mass is 16.5. The van der Waals surface area contributed by atoms with Crippen LogP contribution in [0.2, 0.25) is 0 Å². The molecule has 4 nitrogen and oxygen atoms in total. The molecule has 3 atom stereocenters. The fourth-order valence-corrected chi connectivity index (χ4v) is 2.87. The van der Waals surface area contributed by atoms with Crippen LogP contribution in [-0.4, -0.2) is 29.8 Å². The molecule has 106 valence electrons. The van der Waals surface area contributed by atoms with Gasteiger partial charge in [0.15, 0.2) is 0 Å². The van der Waals surface area contributed by atoms with Gasteiger partial charge in [-0.25, -0.2) is 0 Å². The standard InChI is InChI=1S/C14H27NO3/c1-3-5-11(2)10-18-9-7-12-6-4-8-14(12,15)13(16)17/h11-12H,3-10,15H2,1-2H3,(H,16,17). The van der Waals surface area contributed by atoms with Crippen molar-refractivity contribution in [3.05, 3.63) is 0 Å². The van der Waals surface area contributed by atoms with Crippen LogP contribution in [0.25, 0.3) is 0 Å². The number of aliphatic carboxylic acids is 1. The average molecular weight is 257 g/mol. The summed E-state index contributed by atoms with van der Waals surface area (Å²) in [6, 6.07) is 0. The number of carbonyl (C=O) groups is 1. The SMILES string of the molecule is CCCC(C)COCCC1CCCC1(N)C(=O)O. The van der Waals surface area contributed by atoms with Crippen molar-refractivity contribution in [3.63, 3.8) is 0 Å². The minimum Gasteiger partial charge on any atom is -0.480 e. The van der Waals surface area contributed by atoms with Crippen LogP contribution in [0.5, 0.6) is 0 Å². The molecule has 1 aliphatic carbocycles. The molecule has 0 amide bonds. The third-order valence-electron chi connectivity index (χ3n) is 4.06. The lowest BCUT2D eigenvalue weighted by Gasteiger charge is -2.26. The molecule has 0 saturated heterocycles. The van der Waals surface area contributed by atoms with E-state index in [1.54, 1.807) is 0 Å². The quantitative estimate of drug-likeness (QED) is 0.655. The van der Waals surface area contributed by atoms with Crippen LogP contribution in [-0.2, 0) is 9.53 Å². The minimum atomic E-state index is -1.02. The monoisotopic (exact) mass is 257 g/mol. The second-order valence-corrected chi connectivity index (χ2v) is 5.69. The first kappa shape index (κ1) is 15.4. The van der Waals surface area contributed by atoms with E-state index in [1.165, 1.54) is 12.8 Å². The lowest BCUT2D eigenvalue weighted by Crippen LogP contribution is -2.51. The van der Waals surface area contributed by atoms with E-state index in [9.17, 15) is 9.90 Å². The Morgan fingerprint density at radius 3 is 2.94 bits per heavy atom. The van der Waals surface area contributed by atoms with E-state index in [4.69, 9.17) is 10.5 Å². The molecule has 3 N–H and O–H groups in total. The van der Waals surface area contributed by atoms with Gasteiger partial charge in [-0.1, -0.05) is 26.7 Å². The maximum atomic E-state index is 11.2. The molecular weight excluding hydrogens is 230 g/mol. The van der Waals surface area contributed by atoms with E-state index < -0.39 is 11.5 Å². The zero-order valence-corrected chi connectivity index (χ0v) is 11.7. The average Bonchev–Trinajstić information content (AvgIpc) is 2.68. The van der Waals surface area contributed by atoms with Crippen LogP contribution < -0.4 is 5.73 Å². The molecule has 1 rings (SSSR count). The highest BCUT2D eigenvalue weighted by Crippen LogP contribution is 2.36. The molecule has 0 radical (unpaired) electrons. The van der Waals surface area contributed by atoms with Gasteiger partial charge in [-0.15, -0.1) is 0 Å². The van der Waals surface area contributed by atoms with Crippen LogP contribution in [0.1, 0.15) is 52.4 Å². The van der Waals surface area contributed by atoms with Crippen molar-refractivity contribution in [2.24, 2.45) is 17.6 Å². The Balaban J connectivity index is 2.25. The molecule has 4 heteroatoms. The van der Waals surface area contributed by atoms with Gasteiger partial charge in [0.1, 0.15) is 5.54 Å². The second-order valence-electron chi connectivity index (χ2n) is 5.69. The van der Waals surface area contributed by atoms with Gasteiger partial charge in [-0.3, -0.25) is 4.79 Å². The van der Waals surface area contributed by atoms with Crippen molar-refractivity contribution < 1.29 is 14.6 Å². The predicted molar refractivity (Wildman–Crippen MR) is 71.4 cm³/mol. The second kappa shape index (κ2) is 7.10. The van der Waals surface area contributed by atoms with Gasteiger partial charge < -0.3 is 15.6 Å². The van der Waals surface area contributed by atoms with Gasteiger partial charge in [-0.05, 0) is 37.5 Å². The summed E-state index contributed by atoms with van der Waals surface area (Å²) in [7, 11) is 0. The summed E-state index contributed by atoms with van der Waals surface area (Å²) in [6.07, 6.45) is 5.55. The summed E-state index contributed by atoms with van der Waals surface area (Å²) < 4.78 is 5.63. The Labute approximate surface area is 110 Å². The maximum Gasteiger partial charge on any atom is 0.323 e. The van der Waals surface area contributed by atoms with Gasteiger partial charge in [0.2, 0.25) is 0 Å². The van der Waals surface area contributed by atoms with Gasteiger partial charge in [0.05, 0.1) is 0 Å². The fraction of sp³-hybridized carbons (Fsp3) is 0.929. The van der Waals surface area contributed by atoms with Crippen LogP contribution in [0, 0.1) is 11.8 Å². The molecule has 0 aromatic rings. The van der Waals surface area contributed by atoms with Gasteiger partial charge >= 0.3 is 5.97 Å². The summed E-state index contributed by atoms with van der Waals surface area (Å²) >= 11 is 0.